The SMILES string of the molecule is CCNCC1(Cc2cccs2)CCS(=O)(=O)C1. The molecular formula is C12H19NO2S2. The Bertz CT molecular complexity index is 453. The standard InChI is InChI=1S/C12H19NO2S2/c1-2-13-9-12(5-7-17(14,15)10-12)8-11-4-3-6-16-11/h3-4,6,13H,2,5,7-10H2,1H3. The summed E-state index contributed by atoms with van der Waals surface area (Å²) in [5, 5.41) is 5.38. The predicted octanol–water partition coefficient (Wildman–Crippen LogP) is 1.71. The molecule has 0 bridgehead atoms. The Morgan fingerprint density at radius 2 is 2.35 bits per heavy atom. The van der Waals surface area contributed by atoms with Crippen LogP contribution >= 0.6 is 11.3 Å². The van der Waals surface area contributed by atoms with Crippen molar-refractivity contribution in [3.63, 3.8) is 0 Å². The highest BCUT2D eigenvalue weighted by atomic mass is 32.2. The average Bonchev–Trinajstić information content (AvgIpc) is 2.85. The molecule has 1 atom stereocenters. The van der Waals surface area contributed by atoms with Crippen LogP contribution in [-0.2, 0) is 16.3 Å². The number of hydrogen-bond acceptors (Lipinski definition) is 4. The molecule has 1 fully saturated rings. The van der Waals surface area contributed by atoms with Gasteiger partial charge in [0.1, 0.15) is 0 Å². The molecule has 5 heteroatoms. The van der Waals surface area contributed by atoms with Crippen molar-refractivity contribution in [1.82, 2.24) is 5.32 Å². The van der Waals surface area contributed by atoms with E-state index in [2.05, 4.69) is 23.7 Å². The minimum Gasteiger partial charge on any atom is -0.316 e. The van der Waals surface area contributed by atoms with Crippen molar-refractivity contribution in [2.24, 2.45) is 5.41 Å². The molecule has 17 heavy (non-hydrogen) atoms. The van der Waals surface area contributed by atoms with Crippen molar-refractivity contribution in [3.05, 3.63) is 22.4 Å². The van der Waals surface area contributed by atoms with Crippen molar-refractivity contribution in [1.29, 1.82) is 0 Å². The molecule has 0 aromatic carbocycles. The second-order valence-electron chi connectivity index (χ2n) is 4.88. The third-order valence-corrected chi connectivity index (χ3v) is 6.10. The first-order valence-corrected chi connectivity index (χ1v) is 8.69. The lowest BCUT2D eigenvalue weighted by molar-refractivity contribution is 0.316. The number of rotatable bonds is 5. The van der Waals surface area contributed by atoms with E-state index < -0.39 is 9.84 Å². The lowest BCUT2D eigenvalue weighted by atomic mass is 9.83. The Balaban J connectivity index is 2.13. The maximum Gasteiger partial charge on any atom is 0.150 e. The fraction of sp³-hybridized carbons (Fsp3) is 0.667. The van der Waals surface area contributed by atoms with Crippen molar-refractivity contribution in [3.8, 4) is 0 Å². The van der Waals surface area contributed by atoms with Crippen molar-refractivity contribution in [2.75, 3.05) is 24.6 Å². The van der Waals surface area contributed by atoms with Crippen LogP contribution in [0.2, 0.25) is 0 Å². The van der Waals surface area contributed by atoms with Crippen LogP contribution in [0.25, 0.3) is 0 Å². The molecule has 0 amide bonds. The Kier molecular flexibility index (Phi) is 3.90. The van der Waals surface area contributed by atoms with E-state index in [1.54, 1.807) is 11.3 Å². The van der Waals surface area contributed by atoms with E-state index in [9.17, 15) is 8.42 Å². The quantitative estimate of drug-likeness (QED) is 0.888. The van der Waals surface area contributed by atoms with Crippen LogP contribution in [0.15, 0.2) is 17.5 Å². The molecule has 1 aromatic heterocycles. The molecule has 1 aromatic rings. The summed E-state index contributed by atoms with van der Waals surface area (Å²) >= 11 is 1.72. The van der Waals surface area contributed by atoms with E-state index >= 15 is 0 Å². The highest BCUT2D eigenvalue weighted by Crippen LogP contribution is 2.36. The van der Waals surface area contributed by atoms with Crippen molar-refractivity contribution >= 4 is 21.2 Å². The number of hydrogen-bond donors (Lipinski definition) is 1. The smallest absolute Gasteiger partial charge is 0.150 e. The van der Waals surface area contributed by atoms with E-state index in [4.69, 9.17) is 0 Å². The van der Waals surface area contributed by atoms with E-state index in [0.29, 0.717) is 11.5 Å². The lowest BCUT2D eigenvalue weighted by Gasteiger charge is -2.27. The van der Waals surface area contributed by atoms with Crippen LogP contribution in [0.4, 0.5) is 0 Å². The zero-order chi connectivity index (χ0) is 12.4. The molecule has 0 radical (unpaired) electrons. The average molecular weight is 273 g/mol. The molecule has 96 valence electrons. The highest BCUT2D eigenvalue weighted by Gasteiger charge is 2.41. The van der Waals surface area contributed by atoms with Gasteiger partial charge in [-0.25, -0.2) is 8.42 Å². The Morgan fingerprint density at radius 1 is 1.53 bits per heavy atom. The van der Waals surface area contributed by atoms with Crippen molar-refractivity contribution in [2.45, 2.75) is 19.8 Å². The molecule has 1 unspecified atom stereocenters. The van der Waals surface area contributed by atoms with Gasteiger partial charge in [0.05, 0.1) is 11.5 Å². The molecular weight excluding hydrogens is 254 g/mol. The fourth-order valence-electron chi connectivity index (χ4n) is 2.50. The lowest BCUT2D eigenvalue weighted by Crippen LogP contribution is -2.37. The molecule has 2 heterocycles. The van der Waals surface area contributed by atoms with Gasteiger partial charge in [-0.1, -0.05) is 13.0 Å². The van der Waals surface area contributed by atoms with E-state index in [1.807, 2.05) is 6.07 Å². The summed E-state index contributed by atoms with van der Waals surface area (Å²) in [6, 6.07) is 4.13. The van der Waals surface area contributed by atoms with Gasteiger partial charge in [-0.05, 0) is 30.8 Å². The molecule has 3 nitrogen and oxygen atoms in total. The van der Waals surface area contributed by atoms with Crippen LogP contribution in [-0.4, -0.2) is 33.0 Å². The molecule has 1 N–H and O–H groups in total. The van der Waals surface area contributed by atoms with Gasteiger partial charge in [0.2, 0.25) is 0 Å². The zero-order valence-corrected chi connectivity index (χ0v) is 11.7. The second kappa shape index (κ2) is 5.08. The maximum atomic E-state index is 11.7. The van der Waals surface area contributed by atoms with Gasteiger partial charge in [0, 0.05) is 16.8 Å². The largest absolute Gasteiger partial charge is 0.316 e. The monoisotopic (exact) mass is 273 g/mol. The van der Waals surface area contributed by atoms with Crippen molar-refractivity contribution < 1.29 is 8.42 Å². The summed E-state index contributed by atoms with van der Waals surface area (Å²) in [7, 11) is -2.82. The maximum absolute atomic E-state index is 11.7. The van der Waals surface area contributed by atoms with Crippen LogP contribution < -0.4 is 5.32 Å². The molecule has 1 aliphatic heterocycles. The third kappa shape index (κ3) is 3.30. The van der Waals surface area contributed by atoms with Gasteiger partial charge in [-0.15, -0.1) is 11.3 Å². The van der Waals surface area contributed by atoms with E-state index in [1.165, 1.54) is 4.88 Å². The minimum atomic E-state index is -2.82. The van der Waals surface area contributed by atoms with Crippen LogP contribution in [0.5, 0.6) is 0 Å². The van der Waals surface area contributed by atoms with E-state index in [-0.39, 0.29) is 5.41 Å². The molecule has 0 aliphatic carbocycles. The van der Waals surface area contributed by atoms with Crippen LogP contribution in [0.1, 0.15) is 18.2 Å². The third-order valence-electron chi connectivity index (χ3n) is 3.35. The molecule has 0 spiro atoms. The second-order valence-corrected chi connectivity index (χ2v) is 8.09. The number of sulfone groups is 1. The number of thiophene rings is 1. The first kappa shape index (κ1) is 13.1. The van der Waals surface area contributed by atoms with Gasteiger partial charge in [-0.2, -0.15) is 0 Å². The summed E-state index contributed by atoms with van der Waals surface area (Å²) in [5.41, 5.74) is -0.0836. The fourth-order valence-corrected chi connectivity index (χ4v) is 5.55. The van der Waals surface area contributed by atoms with Gasteiger partial charge in [0.25, 0.3) is 0 Å². The van der Waals surface area contributed by atoms with Crippen LogP contribution in [0, 0.1) is 5.41 Å². The summed E-state index contributed by atoms with van der Waals surface area (Å²) in [6.45, 7) is 3.76. The Hall–Kier alpha value is -0.390. The summed E-state index contributed by atoms with van der Waals surface area (Å²) in [4.78, 5) is 1.29. The normalized spacial score (nSPS) is 27.4. The van der Waals surface area contributed by atoms with Gasteiger partial charge in [0.15, 0.2) is 9.84 Å². The van der Waals surface area contributed by atoms with Gasteiger partial charge < -0.3 is 5.32 Å². The first-order valence-electron chi connectivity index (χ1n) is 5.99. The molecule has 1 aliphatic rings. The number of nitrogens with one attached hydrogen (secondary N) is 1. The Morgan fingerprint density at radius 3 is 2.88 bits per heavy atom. The summed E-state index contributed by atoms with van der Waals surface area (Å²) in [5.74, 6) is 0.689. The molecule has 1 saturated heterocycles. The summed E-state index contributed by atoms with van der Waals surface area (Å²) in [6.07, 6.45) is 1.68. The molecule has 0 saturated carbocycles. The molecule has 2 rings (SSSR count). The predicted molar refractivity (Wildman–Crippen MR) is 72.3 cm³/mol. The van der Waals surface area contributed by atoms with Gasteiger partial charge >= 0.3 is 0 Å². The topological polar surface area (TPSA) is 46.2 Å². The van der Waals surface area contributed by atoms with Crippen LogP contribution in [0.3, 0.4) is 0 Å². The zero-order valence-electron chi connectivity index (χ0n) is 10.1. The van der Waals surface area contributed by atoms with E-state index in [0.717, 1.165) is 25.9 Å². The first-order chi connectivity index (χ1) is 8.05. The summed E-state index contributed by atoms with van der Waals surface area (Å²) < 4.78 is 23.4. The highest BCUT2D eigenvalue weighted by molar-refractivity contribution is 7.91. The van der Waals surface area contributed by atoms with Gasteiger partial charge in [-0.3, -0.25) is 0 Å². The Labute approximate surface area is 107 Å². The minimum absolute atomic E-state index is 0.0836.